The predicted octanol–water partition coefficient (Wildman–Crippen LogP) is 2.90. The number of pyridine rings is 1. The molecule has 1 aromatic carbocycles. The highest BCUT2D eigenvalue weighted by atomic mass is 16.2. The van der Waals surface area contributed by atoms with E-state index in [9.17, 15) is 4.79 Å². The van der Waals surface area contributed by atoms with Gasteiger partial charge in [0.1, 0.15) is 0 Å². The predicted molar refractivity (Wildman–Crippen MR) is 80.3 cm³/mol. The maximum atomic E-state index is 11.7. The lowest BCUT2D eigenvalue weighted by Crippen LogP contribution is -2.17. The third-order valence-electron chi connectivity index (χ3n) is 2.55. The number of nitrogens with one attached hydrogen (secondary N) is 1. The lowest BCUT2D eigenvalue weighted by Gasteiger charge is -1.98. The van der Waals surface area contributed by atoms with E-state index in [0.717, 1.165) is 11.1 Å². The zero-order chi connectivity index (χ0) is 14.2. The van der Waals surface area contributed by atoms with Crippen LogP contribution in [-0.4, -0.2) is 17.1 Å². The van der Waals surface area contributed by atoms with Gasteiger partial charge in [-0.1, -0.05) is 36.4 Å². The Labute approximate surface area is 117 Å². The van der Waals surface area contributed by atoms with E-state index in [0.29, 0.717) is 5.56 Å². The van der Waals surface area contributed by atoms with Crippen LogP contribution in [0.3, 0.4) is 0 Å². The molecule has 4 nitrogen and oxygen atoms in total. The highest BCUT2D eigenvalue weighted by Crippen LogP contribution is 2.04. The number of carbonyl (C=O) groups excluding carboxylic acids is 1. The third-order valence-corrected chi connectivity index (χ3v) is 2.55. The van der Waals surface area contributed by atoms with Gasteiger partial charge in [-0.15, -0.1) is 0 Å². The first-order valence-electron chi connectivity index (χ1n) is 6.22. The van der Waals surface area contributed by atoms with Crippen molar-refractivity contribution in [2.45, 2.75) is 6.92 Å². The molecular weight excluding hydrogens is 250 g/mol. The highest BCUT2D eigenvalue weighted by molar-refractivity contribution is 5.94. The van der Waals surface area contributed by atoms with E-state index in [-0.39, 0.29) is 5.91 Å². The maximum absolute atomic E-state index is 11.7. The fourth-order valence-corrected chi connectivity index (χ4v) is 1.60. The number of hydrogen-bond donors (Lipinski definition) is 1. The molecular formula is C16H15N3O. The van der Waals surface area contributed by atoms with Crippen LogP contribution in [0.4, 0.5) is 0 Å². The van der Waals surface area contributed by atoms with E-state index in [1.54, 1.807) is 24.5 Å². The number of amides is 1. The molecule has 1 amide bonds. The molecule has 100 valence electrons. The molecule has 0 unspecified atom stereocenters. The monoisotopic (exact) mass is 265 g/mol. The molecule has 0 saturated heterocycles. The standard InChI is InChI=1S/C16H15N3O/c1-13(10-14-6-3-2-4-7-14)11-18-19-16(20)15-8-5-9-17-12-15/h2-12H,1H3,(H,19,20)/b13-10+,18-11+. The summed E-state index contributed by atoms with van der Waals surface area (Å²) in [5, 5.41) is 3.92. The molecule has 0 atom stereocenters. The largest absolute Gasteiger partial charge is 0.272 e. The summed E-state index contributed by atoms with van der Waals surface area (Å²) in [5.74, 6) is -0.276. The summed E-state index contributed by atoms with van der Waals surface area (Å²) >= 11 is 0. The molecule has 0 saturated carbocycles. The number of benzene rings is 1. The second kappa shape index (κ2) is 6.99. The minimum Gasteiger partial charge on any atom is -0.267 e. The molecule has 1 aromatic heterocycles. The number of hydrazone groups is 1. The van der Waals surface area contributed by atoms with Crippen molar-refractivity contribution in [1.82, 2.24) is 10.4 Å². The van der Waals surface area contributed by atoms with Gasteiger partial charge >= 0.3 is 0 Å². The quantitative estimate of drug-likeness (QED) is 0.682. The average Bonchev–Trinajstić information content (AvgIpc) is 2.49. The fourth-order valence-electron chi connectivity index (χ4n) is 1.60. The Hall–Kier alpha value is -2.75. The highest BCUT2D eigenvalue weighted by Gasteiger charge is 2.01. The van der Waals surface area contributed by atoms with Crippen molar-refractivity contribution in [1.29, 1.82) is 0 Å². The van der Waals surface area contributed by atoms with Crippen LogP contribution in [0.2, 0.25) is 0 Å². The Balaban J connectivity index is 1.94. The lowest BCUT2D eigenvalue weighted by molar-refractivity contribution is 0.0955. The number of nitrogens with zero attached hydrogens (tertiary/aromatic N) is 2. The van der Waals surface area contributed by atoms with E-state index < -0.39 is 0 Å². The van der Waals surface area contributed by atoms with E-state index in [2.05, 4.69) is 15.5 Å². The van der Waals surface area contributed by atoms with Crippen LogP contribution < -0.4 is 5.43 Å². The van der Waals surface area contributed by atoms with Gasteiger partial charge in [0.15, 0.2) is 0 Å². The van der Waals surface area contributed by atoms with E-state index in [1.807, 2.05) is 43.3 Å². The van der Waals surface area contributed by atoms with Crippen molar-refractivity contribution < 1.29 is 4.79 Å². The second-order valence-corrected chi connectivity index (χ2v) is 4.24. The molecule has 2 rings (SSSR count). The number of rotatable bonds is 4. The molecule has 0 aliphatic rings. The molecule has 0 radical (unpaired) electrons. The second-order valence-electron chi connectivity index (χ2n) is 4.24. The summed E-state index contributed by atoms with van der Waals surface area (Å²) in [6.45, 7) is 1.92. The van der Waals surface area contributed by atoms with E-state index in [4.69, 9.17) is 0 Å². The average molecular weight is 265 g/mol. The Morgan fingerprint density at radius 1 is 1.20 bits per heavy atom. The first-order valence-corrected chi connectivity index (χ1v) is 6.22. The smallest absolute Gasteiger partial charge is 0.267 e. The van der Waals surface area contributed by atoms with Gasteiger partial charge in [0, 0.05) is 12.4 Å². The molecule has 2 aromatic rings. The summed E-state index contributed by atoms with van der Waals surface area (Å²) in [7, 11) is 0. The van der Waals surface area contributed by atoms with Crippen molar-refractivity contribution in [2.75, 3.05) is 0 Å². The minimum absolute atomic E-state index is 0.276. The topological polar surface area (TPSA) is 54.4 Å². The zero-order valence-electron chi connectivity index (χ0n) is 11.2. The molecule has 1 N–H and O–H groups in total. The Kier molecular flexibility index (Phi) is 4.78. The van der Waals surface area contributed by atoms with Gasteiger partial charge in [-0.2, -0.15) is 5.10 Å². The third kappa shape index (κ3) is 4.17. The van der Waals surface area contributed by atoms with Crippen molar-refractivity contribution in [3.63, 3.8) is 0 Å². The van der Waals surface area contributed by atoms with Crippen LogP contribution in [0.5, 0.6) is 0 Å². The summed E-state index contributed by atoms with van der Waals surface area (Å²) in [6, 6.07) is 13.3. The van der Waals surface area contributed by atoms with Gasteiger partial charge < -0.3 is 0 Å². The van der Waals surface area contributed by atoms with Gasteiger partial charge in [0.25, 0.3) is 5.91 Å². The van der Waals surface area contributed by atoms with Crippen molar-refractivity contribution in [3.8, 4) is 0 Å². The van der Waals surface area contributed by atoms with Crippen LogP contribution in [0.15, 0.2) is 65.5 Å². The van der Waals surface area contributed by atoms with Crippen LogP contribution in [0.1, 0.15) is 22.8 Å². The molecule has 4 heteroatoms. The van der Waals surface area contributed by atoms with Crippen LogP contribution in [0, 0.1) is 0 Å². The molecule has 1 heterocycles. The number of allylic oxidation sites excluding steroid dienone is 1. The molecule has 0 spiro atoms. The number of carbonyl (C=O) groups is 1. The summed E-state index contributed by atoms with van der Waals surface area (Å²) in [4.78, 5) is 15.6. The van der Waals surface area contributed by atoms with Gasteiger partial charge in [0.05, 0.1) is 11.8 Å². The number of hydrogen-bond acceptors (Lipinski definition) is 3. The molecule has 0 aliphatic carbocycles. The Morgan fingerprint density at radius 2 is 2.00 bits per heavy atom. The van der Waals surface area contributed by atoms with E-state index in [1.165, 1.54) is 6.20 Å². The molecule has 0 aliphatic heterocycles. The van der Waals surface area contributed by atoms with E-state index >= 15 is 0 Å². The fraction of sp³-hybridized carbons (Fsp3) is 0.0625. The first kappa shape index (κ1) is 13.7. The normalized spacial score (nSPS) is 11.6. The van der Waals surface area contributed by atoms with Crippen molar-refractivity contribution in [2.24, 2.45) is 5.10 Å². The zero-order valence-corrected chi connectivity index (χ0v) is 11.2. The van der Waals surface area contributed by atoms with Gasteiger partial charge in [-0.3, -0.25) is 9.78 Å². The molecule has 0 fully saturated rings. The van der Waals surface area contributed by atoms with Crippen LogP contribution in [-0.2, 0) is 0 Å². The summed E-state index contributed by atoms with van der Waals surface area (Å²) in [5.41, 5.74) is 4.99. The lowest BCUT2D eigenvalue weighted by atomic mass is 10.1. The van der Waals surface area contributed by atoms with Gasteiger partial charge in [-0.25, -0.2) is 5.43 Å². The summed E-state index contributed by atoms with van der Waals surface area (Å²) in [6.07, 6.45) is 6.71. The minimum atomic E-state index is -0.276. The summed E-state index contributed by atoms with van der Waals surface area (Å²) < 4.78 is 0. The van der Waals surface area contributed by atoms with Crippen molar-refractivity contribution in [3.05, 3.63) is 71.6 Å². The Bertz CT molecular complexity index is 619. The van der Waals surface area contributed by atoms with Gasteiger partial charge in [0.2, 0.25) is 0 Å². The molecule has 20 heavy (non-hydrogen) atoms. The maximum Gasteiger partial charge on any atom is 0.272 e. The van der Waals surface area contributed by atoms with Gasteiger partial charge in [-0.05, 0) is 30.2 Å². The van der Waals surface area contributed by atoms with Crippen LogP contribution >= 0.6 is 0 Å². The SMILES string of the molecule is CC(/C=N/NC(=O)c1cccnc1)=C\c1ccccc1. The van der Waals surface area contributed by atoms with Crippen molar-refractivity contribution >= 4 is 18.2 Å². The molecule has 0 bridgehead atoms. The van der Waals surface area contributed by atoms with Crippen LogP contribution in [0.25, 0.3) is 6.08 Å². The first-order chi connectivity index (χ1) is 9.75. The number of aromatic nitrogens is 1. The Morgan fingerprint density at radius 3 is 2.70 bits per heavy atom.